The van der Waals surface area contributed by atoms with Gasteiger partial charge in [0.15, 0.2) is 5.78 Å². The van der Waals surface area contributed by atoms with Gasteiger partial charge in [0.1, 0.15) is 6.10 Å². The first-order chi connectivity index (χ1) is 16.2. The third-order valence-electron chi connectivity index (χ3n) is 6.43. The van der Waals surface area contributed by atoms with Crippen molar-refractivity contribution >= 4 is 5.78 Å². The van der Waals surface area contributed by atoms with Gasteiger partial charge in [0.2, 0.25) is 0 Å². The molecule has 2 unspecified atom stereocenters. The number of aliphatic hydroxyl groups is 1. The number of carbonyl (C=O) groups is 1. The van der Waals surface area contributed by atoms with Gasteiger partial charge in [0, 0.05) is 18.5 Å². The molecule has 0 spiro atoms. The molecule has 0 aliphatic carbocycles. The summed E-state index contributed by atoms with van der Waals surface area (Å²) in [6.45, 7) is 2.65. The van der Waals surface area contributed by atoms with Crippen LogP contribution in [0.25, 0.3) is 0 Å². The molecule has 1 N–H and O–H groups in total. The van der Waals surface area contributed by atoms with Crippen LogP contribution in [0.15, 0.2) is 91.0 Å². The Bertz CT molecular complexity index is 970. The molecule has 0 aromatic heterocycles. The molecule has 0 radical (unpaired) electrons. The summed E-state index contributed by atoms with van der Waals surface area (Å²) in [4.78, 5) is 15.4. The zero-order chi connectivity index (χ0) is 22.9. The maximum Gasteiger partial charge on any atom is 0.191 e. The van der Waals surface area contributed by atoms with Crippen LogP contribution in [0.1, 0.15) is 40.2 Å². The lowest BCUT2D eigenvalue weighted by Gasteiger charge is -2.33. The molecule has 1 aliphatic heterocycles. The largest absolute Gasteiger partial charge is 0.389 e. The van der Waals surface area contributed by atoms with Gasteiger partial charge in [-0.15, -0.1) is 0 Å². The van der Waals surface area contributed by atoms with Crippen molar-refractivity contribution < 1.29 is 14.6 Å². The molecule has 2 atom stereocenters. The van der Waals surface area contributed by atoms with Gasteiger partial charge in [-0.3, -0.25) is 4.79 Å². The lowest BCUT2D eigenvalue weighted by Crippen LogP contribution is -2.41. The topological polar surface area (TPSA) is 49.8 Å². The highest BCUT2D eigenvalue weighted by atomic mass is 16.5. The van der Waals surface area contributed by atoms with Crippen molar-refractivity contribution in [2.45, 2.75) is 37.4 Å². The molecule has 1 aliphatic rings. The number of β-amino-alcohol motifs (C(OH)–C–C–N with tert-alkyl or cyclic N) is 1. The van der Waals surface area contributed by atoms with Crippen molar-refractivity contribution in [3.05, 3.63) is 108 Å². The Morgan fingerprint density at radius 1 is 0.879 bits per heavy atom. The Balaban J connectivity index is 1.30. The van der Waals surface area contributed by atoms with E-state index in [0.717, 1.165) is 31.5 Å². The maximum atomic E-state index is 13.1. The number of nitrogens with zero attached hydrogens (tertiary/aromatic N) is 1. The van der Waals surface area contributed by atoms with Crippen molar-refractivity contribution in [2.75, 3.05) is 26.2 Å². The summed E-state index contributed by atoms with van der Waals surface area (Å²) >= 11 is 0. The summed E-state index contributed by atoms with van der Waals surface area (Å²) in [5.74, 6) is 0.546. The van der Waals surface area contributed by atoms with E-state index in [4.69, 9.17) is 4.74 Å². The minimum atomic E-state index is -0.625. The number of Topliss-reactive ketones (excluding diaryl/α,β-unsaturated/α-hetero) is 1. The molecule has 3 aromatic carbocycles. The minimum Gasteiger partial charge on any atom is -0.389 e. The first-order valence-electron chi connectivity index (χ1n) is 11.9. The van der Waals surface area contributed by atoms with Crippen LogP contribution >= 0.6 is 0 Å². The number of hydrogen-bond acceptors (Lipinski definition) is 4. The Kier molecular flexibility index (Phi) is 8.42. The summed E-state index contributed by atoms with van der Waals surface area (Å²) in [6.07, 6.45) is 1.44. The molecule has 33 heavy (non-hydrogen) atoms. The van der Waals surface area contributed by atoms with E-state index >= 15 is 0 Å². The quantitative estimate of drug-likeness (QED) is 0.460. The summed E-state index contributed by atoms with van der Waals surface area (Å²) in [7, 11) is 0. The van der Waals surface area contributed by atoms with Crippen molar-refractivity contribution in [3.8, 4) is 0 Å². The molecule has 1 fully saturated rings. The highest BCUT2D eigenvalue weighted by Gasteiger charge is 2.25. The minimum absolute atomic E-state index is 0.0460. The van der Waals surface area contributed by atoms with Gasteiger partial charge >= 0.3 is 0 Å². The predicted octanol–water partition coefficient (Wildman–Crippen LogP) is 4.74. The van der Waals surface area contributed by atoms with Crippen molar-refractivity contribution in [1.82, 2.24) is 4.90 Å². The van der Waals surface area contributed by atoms with E-state index in [1.165, 1.54) is 5.56 Å². The molecule has 4 rings (SSSR count). The van der Waals surface area contributed by atoms with Crippen LogP contribution in [-0.2, 0) is 11.2 Å². The van der Waals surface area contributed by atoms with Gasteiger partial charge in [0.25, 0.3) is 0 Å². The van der Waals surface area contributed by atoms with Crippen LogP contribution < -0.4 is 0 Å². The molecule has 0 amide bonds. The molecule has 0 bridgehead atoms. The average molecular weight is 444 g/mol. The van der Waals surface area contributed by atoms with Crippen LogP contribution in [0.3, 0.4) is 0 Å². The second kappa shape index (κ2) is 11.9. The van der Waals surface area contributed by atoms with E-state index in [2.05, 4.69) is 35.2 Å². The fraction of sp³-hybridized carbons (Fsp3) is 0.345. The van der Waals surface area contributed by atoms with Crippen molar-refractivity contribution in [2.24, 2.45) is 0 Å². The van der Waals surface area contributed by atoms with Crippen LogP contribution in [0.4, 0.5) is 0 Å². The van der Waals surface area contributed by atoms with Crippen molar-refractivity contribution in [1.29, 1.82) is 0 Å². The standard InChI is InChI=1S/C29H33NO3/c31-27(21-30-18-16-25(17-19-30)24-12-6-2-7-13-24)22-33-28(20-23-10-4-1-5-11-23)29(32)26-14-8-3-9-15-26/h1-15,25,27-28,31H,16-22H2. The number of hydrogen-bond donors (Lipinski definition) is 1. The van der Waals surface area contributed by atoms with Crippen LogP contribution in [0.2, 0.25) is 0 Å². The number of ether oxygens (including phenoxy) is 1. The molecule has 0 saturated carbocycles. The van der Waals surface area contributed by atoms with Gasteiger partial charge in [-0.05, 0) is 43.0 Å². The molecule has 172 valence electrons. The zero-order valence-electron chi connectivity index (χ0n) is 19.1. The second-order valence-electron chi connectivity index (χ2n) is 8.88. The molecular weight excluding hydrogens is 410 g/mol. The lowest BCUT2D eigenvalue weighted by atomic mass is 9.89. The average Bonchev–Trinajstić information content (AvgIpc) is 2.88. The first kappa shape index (κ1) is 23.4. The van der Waals surface area contributed by atoms with Gasteiger partial charge in [-0.1, -0.05) is 91.0 Å². The third kappa shape index (κ3) is 6.84. The van der Waals surface area contributed by atoms with E-state index in [1.54, 1.807) is 0 Å². The molecule has 4 nitrogen and oxygen atoms in total. The SMILES string of the molecule is O=C(c1ccccc1)C(Cc1ccccc1)OCC(O)CN1CCC(c2ccccc2)CC1. The van der Waals surface area contributed by atoms with E-state index in [-0.39, 0.29) is 12.4 Å². The number of piperidine rings is 1. The smallest absolute Gasteiger partial charge is 0.191 e. The van der Waals surface area contributed by atoms with E-state index < -0.39 is 12.2 Å². The van der Waals surface area contributed by atoms with Gasteiger partial charge in [-0.25, -0.2) is 0 Å². The Morgan fingerprint density at radius 3 is 2.09 bits per heavy atom. The van der Waals surface area contributed by atoms with Crippen molar-refractivity contribution in [3.63, 3.8) is 0 Å². The zero-order valence-corrected chi connectivity index (χ0v) is 19.1. The fourth-order valence-electron chi connectivity index (χ4n) is 4.60. The van der Waals surface area contributed by atoms with Crippen LogP contribution in [0, 0.1) is 0 Å². The second-order valence-corrected chi connectivity index (χ2v) is 8.88. The number of benzene rings is 3. The molecule has 3 aromatic rings. The molecular formula is C29H33NO3. The van der Waals surface area contributed by atoms with Crippen LogP contribution in [-0.4, -0.2) is 54.2 Å². The number of carbonyl (C=O) groups excluding carboxylic acids is 1. The molecule has 1 saturated heterocycles. The highest BCUT2D eigenvalue weighted by molar-refractivity contribution is 5.99. The van der Waals surface area contributed by atoms with Gasteiger partial charge in [-0.2, -0.15) is 0 Å². The number of rotatable bonds is 10. The summed E-state index contributed by atoms with van der Waals surface area (Å²) in [6, 6.07) is 29.8. The summed E-state index contributed by atoms with van der Waals surface area (Å²) in [5.41, 5.74) is 3.09. The molecule has 1 heterocycles. The fourth-order valence-corrected chi connectivity index (χ4v) is 4.60. The lowest BCUT2D eigenvalue weighted by molar-refractivity contribution is -0.0156. The van der Waals surface area contributed by atoms with E-state index in [9.17, 15) is 9.90 Å². The van der Waals surface area contributed by atoms with E-state index in [0.29, 0.717) is 24.4 Å². The summed E-state index contributed by atoms with van der Waals surface area (Å²) in [5, 5.41) is 10.7. The third-order valence-corrected chi connectivity index (χ3v) is 6.43. The first-order valence-corrected chi connectivity index (χ1v) is 11.9. The monoisotopic (exact) mass is 443 g/mol. The predicted molar refractivity (Wildman–Crippen MR) is 132 cm³/mol. The number of ketones is 1. The maximum absolute atomic E-state index is 13.1. The number of aliphatic hydroxyl groups excluding tert-OH is 1. The summed E-state index contributed by atoms with van der Waals surface area (Å²) < 4.78 is 6.03. The number of likely N-dealkylation sites (tertiary alicyclic amines) is 1. The Morgan fingerprint density at radius 2 is 1.45 bits per heavy atom. The van der Waals surface area contributed by atoms with Gasteiger partial charge < -0.3 is 14.7 Å². The molecule has 4 heteroatoms. The van der Waals surface area contributed by atoms with E-state index in [1.807, 2.05) is 60.7 Å². The normalized spacial score (nSPS) is 16.9. The Hall–Kier alpha value is -2.79. The highest BCUT2D eigenvalue weighted by Crippen LogP contribution is 2.27. The van der Waals surface area contributed by atoms with Crippen LogP contribution in [0.5, 0.6) is 0 Å². The Labute approximate surface area is 196 Å². The van der Waals surface area contributed by atoms with Gasteiger partial charge in [0.05, 0.1) is 12.7 Å².